The smallest absolute Gasteiger partial charge is 0.312 e. The number of ether oxygens (including phenoxy) is 1. The largest absolute Gasteiger partial charge is 0.466 e. The fourth-order valence-electron chi connectivity index (χ4n) is 3.72. The molecule has 2 fully saturated rings. The summed E-state index contributed by atoms with van der Waals surface area (Å²) in [7, 11) is 0. The van der Waals surface area contributed by atoms with Crippen LogP contribution in [-0.4, -0.2) is 30.6 Å². The topological polar surface area (TPSA) is 29.5 Å². The van der Waals surface area contributed by atoms with E-state index < -0.39 is 0 Å². The van der Waals surface area contributed by atoms with Crippen molar-refractivity contribution in [3.63, 3.8) is 0 Å². The van der Waals surface area contributed by atoms with Crippen LogP contribution in [-0.2, 0) is 9.53 Å². The lowest BCUT2D eigenvalue weighted by Crippen LogP contribution is -2.31. The van der Waals surface area contributed by atoms with Crippen LogP contribution in [0.5, 0.6) is 0 Å². The molecule has 2 aliphatic rings. The minimum atomic E-state index is -0.152. The van der Waals surface area contributed by atoms with Crippen LogP contribution in [0.4, 0.5) is 0 Å². The molecule has 0 aromatic heterocycles. The fraction of sp³-hybridized carbons (Fsp3) is 0.611. The van der Waals surface area contributed by atoms with E-state index in [1.807, 2.05) is 6.92 Å². The Labute approximate surface area is 127 Å². The summed E-state index contributed by atoms with van der Waals surface area (Å²) < 4.78 is 5.30. The summed E-state index contributed by atoms with van der Waals surface area (Å²) in [4.78, 5) is 14.7. The van der Waals surface area contributed by atoms with Crippen molar-refractivity contribution in [2.45, 2.75) is 39.2 Å². The molecule has 3 heteroatoms. The van der Waals surface area contributed by atoms with E-state index in [9.17, 15) is 4.79 Å². The van der Waals surface area contributed by atoms with Crippen molar-refractivity contribution in [1.82, 2.24) is 4.90 Å². The molecule has 0 spiro atoms. The maximum Gasteiger partial charge on any atom is 0.312 e. The molecule has 1 saturated carbocycles. The maximum atomic E-state index is 12.2. The Morgan fingerprint density at radius 3 is 2.71 bits per heavy atom. The minimum Gasteiger partial charge on any atom is -0.466 e. The Kier molecular flexibility index (Phi) is 4.03. The molecule has 1 heterocycles. The molecule has 3 rings (SSSR count). The third-order valence-corrected chi connectivity index (χ3v) is 5.30. The Bertz CT molecular complexity index is 495. The van der Waals surface area contributed by atoms with Gasteiger partial charge in [-0.05, 0) is 51.1 Å². The third-order valence-electron chi connectivity index (χ3n) is 5.30. The molecule has 2 unspecified atom stereocenters. The molecule has 1 saturated heterocycles. The van der Waals surface area contributed by atoms with E-state index in [2.05, 4.69) is 42.2 Å². The van der Waals surface area contributed by atoms with Gasteiger partial charge in [0.15, 0.2) is 0 Å². The van der Waals surface area contributed by atoms with Gasteiger partial charge in [0.05, 0.1) is 12.0 Å². The molecule has 3 nitrogen and oxygen atoms in total. The van der Waals surface area contributed by atoms with E-state index in [1.165, 1.54) is 5.56 Å². The molecule has 1 aliphatic carbocycles. The molecular formula is C18H25NO2. The number of rotatable bonds is 5. The lowest BCUT2D eigenvalue weighted by molar-refractivity contribution is -0.151. The third kappa shape index (κ3) is 2.71. The van der Waals surface area contributed by atoms with Crippen LogP contribution in [0.25, 0.3) is 0 Å². The standard InChI is InChI=1S/C18H25NO2/c1-3-21-17(20)18(10-11-18)16-9-12-19(13-16)14(2)15-7-5-4-6-8-15/h4-8,14,16H,3,9-13H2,1-2H3. The van der Waals surface area contributed by atoms with Gasteiger partial charge in [0.1, 0.15) is 0 Å². The summed E-state index contributed by atoms with van der Waals surface area (Å²) in [5, 5.41) is 0. The first-order valence-corrected chi connectivity index (χ1v) is 8.13. The second-order valence-corrected chi connectivity index (χ2v) is 6.44. The molecule has 0 bridgehead atoms. The number of carbonyl (C=O) groups is 1. The number of likely N-dealkylation sites (tertiary alicyclic amines) is 1. The first kappa shape index (κ1) is 14.6. The predicted molar refractivity (Wildman–Crippen MR) is 82.8 cm³/mol. The van der Waals surface area contributed by atoms with Gasteiger partial charge in [-0.2, -0.15) is 0 Å². The van der Waals surface area contributed by atoms with E-state index in [1.54, 1.807) is 0 Å². The van der Waals surface area contributed by atoms with Crippen molar-refractivity contribution < 1.29 is 9.53 Å². The zero-order valence-corrected chi connectivity index (χ0v) is 13.0. The predicted octanol–water partition coefficient (Wildman–Crippen LogP) is 3.41. The Morgan fingerprint density at radius 2 is 2.10 bits per heavy atom. The van der Waals surface area contributed by atoms with Crippen LogP contribution in [0.2, 0.25) is 0 Å². The van der Waals surface area contributed by atoms with Gasteiger partial charge in [-0.3, -0.25) is 9.69 Å². The highest BCUT2D eigenvalue weighted by Crippen LogP contribution is 2.56. The lowest BCUT2D eigenvalue weighted by atomic mass is 9.88. The van der Waals surface area contributed by atoms with Crippen molar-refractivity contribution in [2.24, 2.45) is 11.3 Å². The van der Waals surface area contributed by atoms with Gasteiger partial charge in [0.25, 0.3) is 0 Å². The maximum absolute atomic E-state index is 12.2. The molecule has 114 valence electrons. The van der Waals surface area contributed by atoms with Crippen molar-refractivity contribution in [3.05, 3.63) is 35.9 Å². The molecular weight excluding hydrogens is 262 g/mol. The zero-order valence-electron chi connectivity index (χ0n) is 13.0. The zero-order chi connectivity index (χ0) is 14.9. The van der Waals surface area contributed by atoms with E-state index in [-0.39, 0.29) is 11.4 Å². The molecule has 1 aliphatic heterocycles. The molecule has 0 radical (unpaired) electrons. The fourth-order valence-corrected chi connectivity index (χ4v) is 3.72. The molecule has 2 atom stereocenters. The van der Waals surface area contributed by atoms with Gasteiger partial charge in [-0.1, -0.05) is 30.3 Å². The summed E-state index contributed by atoms with van der Waals surface area (Å²) >= 11 is 0. The van der Waals surface area contributed by atoms with Gasteiger partial charge < -0.3 is 4.74 Å². The molecule has 0 amide bonds. The number of benzene rings is 1. The normalized spacial score (nSPS) is 25.5. The van der Waals surface area contributed by atoms with E-state index >= 15 is 0 Å². The van der Waals surface area contributed by atoms with Gasteiger partial charge >= 0.3 is 5.97 Å². The SMILES string of the molecule is CCOC(=O)C1(C2CCN(C(C)c3ccccc3)C2)CC1. The number of hydrogen-bond donors (Lipinski definition) is 0. The number of esters is 1. The van der Waals surface area contributed by atoms with Crippen LogP contribution in [0.1, 0.15) is 44.7 Å². The Morgan fingerprint density at radius 1 is 1.38 bits per heavy atom. The first-order valence-electron chi connectivity index (χ1n) is 8.13. The first-order chi connectivity index (χ1) is 10.2. The highest BCUT2D eigenvalue weighted by atomic mass is 16.5. The van der Waals surface area contributed by atoms with Crippen molar-refractivity contribution in [2.75, 3.05) is 19.7 Å². The highest BCUT2D eigenvalue weighted by Gasteiger charge is 2.58. The van der Waals surface area contributed by atoms with Gasteiger partial charge in [0.2, 0.25) is 0 Å². The average molecular weight is 287 g/mol. The highest BCUT2D eigenvalue weighted by molar-refractivity contribution is 5.80. The number of hydrogen-bond acceptors (Lipinski definition) is 3. The quantitative estimate of drug-likeness (QED) is 0.777. The van der Waals surface area contributed by atoms with Crippen LogP contribution in [0.3, 0.4) is 0 Å². The van der Waals surface area contributed by atoms with Gasteiger partial charge in [-0.15, -0.1) is 0 Å². The van der Waals surface area contributed by atoms with E-state index in [0.29, 0.717) is 18.6 Å². The van der Waals surface area contributed by atoms with Crippen molar-refractivity contribution >= 4 is 5.97 Å². The summed E-state index contributed by atoms with van der Waals surface area (Å²) in [5.74, 6) is 0.520. The van der Waals surface area contributed by atoms with Gasteiger partial charge in [0, 0.05) is 12.6 Å². The second-order valence-electron chi connectivity index (χ2n) is 6.44. The summed E-state index contributed by atoms with van der Waals surface area (Å²) in [6.07, 6.45) is 3.16. The van der Waals surface area contributed by atoms with E-state index in [4.69, 9.17) is 4.74 Å². The van der Waals surface area contributed by atoms with Crippen LogP contribution in [0.15, 0.2) is 30.3 Å². The molecule has 1 aromatic carbocycles. The number of nitrogens with zero attached hydrogens (tertiary/aromatic N) is 1. The summed E-state index contributed by atoms with van der Waals surface area (Å²) in [6, 6.07) is 11.1. The summed E-state index contributed by atoms with van der Waals surface area (Å²) in [5.41, 5.74) is 1.21. The molecule has 1 aromatic rings. The second kappa shape index (κ2) is 5.80. The summed E-state index contributed by atoms with van der Waals surface area (Å²) in [6.45, 7) is 6.77. The van der Waals surface area contributed by atoms with Crippen molar-refractivity contribution in [1.29, 1.82) is 0 Å². The van der Waals surface area contributed by atoms with Gasteiger partial charge in [-0.25, -0.2) is 0 Å². The Hall–Kier alpha value is -1.35. The number of carbonyl (C=O) groups excluding carboxylic acids is 1. The lowest BCUT2D eigenvalue weighted by Gasteiger charge is -2.26. The molecule has 21 heavy (non-hydrogen) atoms. The van der Waals surface area contributed by atoms with E-state index in [0.717, 1.165) is 32.4 Å². The van der Waals surface area contributed by atoms with Crippen molar-refractivity contribution in [3.8, 4) is 0 Å². The average Bonchev–Trinajstić information content (AvgIpc) is 3.18. The molecule has 0 N–H and O–H groups in total. The monoisotopic (exact) mass is 287 g/mol. The minimum absolute atomic E-state index is 0.0456. The van der Waals surface area contributed by atoms with Crippen LogP contribution in [0, 0.1) is 11.3 Å². The van der Waals surface area contributed by atoms with Crippen LogP contribution < -0.4 is 0 Å². The Balaban J connectivity index is 1.65. The van der Waals surface area contributed by atoms with Crippen LogP contribution >= 0.6 is 0 Å².